The van der Waals surface area contributed by atoms with Crippen LogP contribution >= 0.6 is 27.5 Å². The number of nitrogens with two attached hydrogens (primary N) is 1. The molecule has 0 aliphatic rings. The first kappa shape index (κ1) is 14.9. The molecule has 2 aromatic carbocycles. The SMILES string of the molecule is Cc1cc(N)c(NC(=O)c2cccc(Br)c2Cl)cc1C. The number of anilines is 2. The number of benzene rings is 2. The molecule has 3 nitrogen and oxygen atoms in total. The zero-order valence-corrected chi connectivity index (χ0v) is 13.5. The maximum absolute atomic E-state index is 12.3. The number of carbonyl (C=O) groups is 1. The molecule has 0 atom stereocenters. The first-order valence-corrected chi connectivity index (χ1v) is 7.19. The summed E-state index contributed by atoms with van der Waals surface area (Å²) in [6.45, 7) is 3.94. The summed E-state index contributed by atoms with van der Waals surface area (Å²) in [5.74, 6) is -0.286. The second-order valence-electron chi connectivity index (χ2n) is 4.58. The lowest BCUT2D eigenvalue weighted by atomic mass is 10.1. The van der Waals surface area contributed by atoms with Gasteiger partial charge in [-0.15, -0.1) is 0 Å². The van der Waals surface area contributed by atoms with Crippen molar-refractivity contribution in [1.82, 2.24) is 0 Å². The lowest BCUT2D eigenvalue weighted by Gasteiger charge is -2.12. The molecule has 5 heteroatoms. The summed E-state index contributed by atoms with van der Waals surface area (Å²) < 4.78 is 0.680. The Morgan fingerprint density at radius 3 is 2.60 bits per heavy atom. The Morgan fingerprint density at radius 1 is 1.25 bits per heavy atom. The van der Waals surface area contributed by atoms with Gasteiger partial charge >= 0.3 is 0 Å². The standard InChI is InChI=1S/C15H14BrClN2O/c1-8-6-12(18)13(7-9(8)2)19-15(20)10-4-3-5-11(16)14(10)17/h3-7H,18H2,1-2H3,(H,19,20). The van der Waals surface area contributed by atoms with Crippen LogP contribution in [0.4, 0.5) is 11.4 Å². The number of halogens is 2. The lowest BCUT2D eigenvalue weighted by Crippen LogP contribution is -2.14. The van der Waals surface area contributed by atoms with Gasteiger partial charge in [0.1, 0.15) is 0 Å². The molecule has 0 unspecified atom stereocenters. The van der Waals surface area contributed by atoms with Crippen molar-refractivity contribution in [2.75, 3.05) is 11.1 Å². The van der Waals surface area contributed by atoms with E-state index in [1.165, 1.54) is 0 Å². The summed E-state index contributed by atoms with van der Waals surface area (Å²) >= 11 is 9.41. The molecular formula is C15H14BrClN2O. The molecule has 0 radical (unpaired) electrons. The molecule has 0 aliphatic carbocycles. The average Bonchev–Trinajstić information content (AvgIpc) is 2.39. The molecule has 2 aromatic rings. The molecule has 0 heterocycles. The van der Waals surface area contributed by atoms with E-state index in [1.807, 2.05) is 26.0 Å². The van der Waals surface area contributed by atoms with Crippen molar-refractivity contribution in [2.45, 2.75) is 13.8 Å². The van der Waals surface area contributed by atoms with Crippen LogP contribution in [0.25, 0.3) is 0 Å². The Labute approximate surface area is 131 Å². The maximum atomic E-state index is 12.3. The zero-order chi connectivity index (χ0) is 14.9. The van der Waals surface area contributed by atoms with Crippen LogP contribution in [0, 0.1) is 13.8 Å². The van der Waals surface area contributed by atoms with Gasteiger partial charge in [-0.3, -0.25) is 4.79 Å². The molecule has 104 valence electrons. The van der Waals surface area contributed by atoms with E-state index in [0.29, 0.717) is 26.4 Å². The topological polar surface area (TPSA) is 55.1 Å². The number of hydrogen-bond acceptors (Lipinski definition) is 2. The predicted octanol–water partition coefficient (Wildman–Crippen LogP) is 4.55. The van der Waals surface area contributed by atoms with Gasteiger partial charge in [0, 0.05) is 4.47 Å². The van der Waals surface area contributed by atoms with Gasteiger partial charge in [-0.1, -0.05) is 17.7 Å². The quantitative estimate of drug-likeness (QED) is 0.778. The molecule has 0 bridgehead atoms. The van der Waals surface area contributed by atoms with Crippen LogP contribution in [-0.2, 0) is 0 Å². The van der Waals surface area contributed by atoms with Crippen molar-refractivity contribution in [3.05, 3.63) is 56.5 Å². The summed E-state index contributed by atoms with van der Waals surface area (Å²) in [6, 6.07) is 8.90. The van der Waals surface area contributed by atoms with E-state index in [2.05, 4.69) is 21.2 Å². The normalized spacial score (nSPS) is 10.4. The number of nitrogens with one attached hydrogen (secondary N) is 1. The van der Waals surface area contributed by atoms with Gasteiger partial charge in [0.05, 0.1) is 22.0 Å². The minimum atomic E-state index is -0.286. The van der Waals surface area contributed by atoms with Crippen molar-refractivity contribution >= 4 is 44.8 Å². The predicted molar refractivity (Wildman–Crippen MR) is 87.4 cm³/mol. The molecule has 0 spiro atoms. The summed E-state index contributed by atoms with van der Waals surface area (Å²) in [4.78, 5) is 12.3. The Morgan fingerprint density at radius 2 is 1.90 bits per heavy atom. The van der Waals surface area contributed by atoms with Gasteiger partial charge in [0.25, 0.3) is 5.91 Å². The Bertz CT molecular complexity index is 686. The highest BCUT2D eigenvalue weighted by Crippen LogP contribution is 2.28. The summed E-state index contributed by atoms with van der Waals surface area (Å²) in [5, 5.41) is 3.18. The molecule has 0 aromatic heterocycles. The maximum Gasteiger partial charge on any atom is 0.257 e. The lowest BCUT2D eigenvalue weighted by molar-refractivity contribution is 0.102. The van der Waals surface area contributed by atoms with Crippen LogP contribution in [0.1, 0.15) is 21.5 Å². The van der Waals surface area contributed by atoms with Crippen molar-refractivity contribution in [3.63, 3.8) is 0 Å². The van der Waals surface area contributed by atoms with Crippen LogP contribution < -0.4 is 11.1 Å². The molecule has 0 saturated carbocycles. The number of aryl methyl sites for hydroxylation is 2. The van der Waals surface area contributed by atoms with Gasteiger partial charge in [-0.05, 0) is 65.2 Å². The number of amides is 1. The molecule has 3 N–H and O–H groups in total. The molecule has 0 fully saturated rings. The van der Waals surface area contributed by atoms with Crippen LogP contribution in [0.2, 0.25) is 5.02 Å². The van der Waals surface area contributed by atoms with Crippen LogP contribution in [0.15, 0.2) is 34.8 Å². The molecule has 2 rings (SSSR count). The highest BCUT2D eigenvalue weighted by atomic mass is 79.9. The van der Waals surface area contributed by atoms with Gasteiger partial charge in [0.2, 0.25) is 0 Å². The van der Waals surface area contributed by atoms with Crippen LogP contribution in [0.5, 0.6) is 0 Å². The van der Waals surface area contributed by atoms with E-state index in [4.69, 9.17) is 17.3 Å². The highest BCUT2D eigenvalue weighted by Gasteiger charge is 2.14. The third kappa shape index (κ3) is 2.97. The summed E-state index contributed by atoms with van der Waals surface area (Å²) in [5.41, 5.74) is 9.60. The summed E-state index contributed by atoms with van der Waals surface area (Å²) in [6.07, 6.45) is 0. The Balaban J connectivity index is 2.33. The minimum Gasteiger partial charge on any atom is -0.397 e. The first-order chi connectivity index (χ1) is 9.40. The van der Waals surface area contributed by atoms with Crippen molar-refractivity contribution in [3.8, 4) is 0 Å². The molecule has 0 saturated heterocycles. The molecule has 1 amide bonds. The van der Waals surface area contributed by atoms with Crippen LogP contribution in [-0.4, -0.2) is 5.91 Å². The van der Waals surface area contributed by atoms with Crippen molar-refractivity contribution < 1.29 is 4.79 Å². The highest BCUT2D eigenvalue weighted by molar-refractivity contribution is 9.10. The number of rotatable bonds is 2. The fraction of sp³-hybridized carbons (Fsp3) is 0.133. The van der Waals surface area contributed by atoms with Gasteiger partial charge in [-0.25, -0.2) is 0 Å². The van der Waals surface area contributed by atoms with E-state index in [1.54, 1.807) is 18.2 Å². The van der Waals surface area contributed by atoms with E-state index in [-0.39, 0.29) is 5.91 Å². The largest absolute Gasteiger partial charge is 0.397 e. The van der Waals surface area contributed by atoms with E-state index >= 15 is 0 Å². The fourth-order valence-corrected chi connectivity index (χ4v) is 2.39. The average molecular weight is 354 g/mol. The number of carbonyl (C=O) groups excluding carboxylic acids is 1. The van der Waals surface area contributed by atoms with Crippen molar-refractivity contribution in [2.24, 2.45) is 0 Å². The minimum absolute atomic E-state index is 0.286. The van der Waals surface area contributed by atoms with Gasteiger partial charge < -0.3 is 11.1 Å². The molecule has 0 aliphatic heterocycles. The van der Waals surface area contributed by atoms with Crippen LogP contribution in [0.3, 0.4) is 0 Å². The zero-order valence-electron chi connectivity index (χ0n) is 11.1. The third-order valence-electron chi connectivity index (χ3n) is 3.11. The van der Waals surface area contributed by atoms with Crippen molar-refractivity contribution in [1.29, 1.82) is 0 Å². The second kappa shape index (κ2) is 5.85. The van der Waals surface area contributed by atoms with E-state index in [9.17, 15) is 4.79 Å². The van der Waals surface area contributed by atoms with E-state index < -0.39 is 0 Å². The molecule has 20 heavy (non-hydrogen) atoms. The second-order valence-corrected chi connectivity index (χ2v) is 5.81. The van der Waals surface area contributed by atoms with Gasteiger partial charge in [-0.2, -0.15) is 0 Å². The summed E-state index contributed by atoms with van der Waals surface area (Å²) in [7, 11) is 0. The smallest absolute Gasteiger partial charge is 0.257 e. The Hall–Kier alpha value is -1.52. The van der Waals surface area contributed by atoms with Gasteiger partial charge in [0.15, 0.2) is 0 Å². The number of nitrogen functional groups attached to an aromatic ring is 1. The third-order valence-corrected chi connectivity index (χ3v) is 4.41. The Kier molecular flexibility index (Phi) is 4.35. The fourth-order valence-electron chi connectivity index (χ4n) is 1.82. The first-order valence-electron chi connectivity index (χ1n) is 6.02. The van der Waals surface area contributed by atoms with E-state index in [0.717, 1.165) is 11.1 Å². The monoisotopic (exact) mass is 352 g/mol. The molecular weight excluding hydrogens is 340 g/mol. The number of hydrogen-bond donors (Lipinski definition) is 2.